The SMILES string of the molecule is Cc1cc(Oc2nccc(C#N)n2)c(C)cc1N. The molecule has 2 aromatic rings. The zero-order valence-electron chi connectivity index (χ0n) is 10.1. The molecule has 0 spiro atoms. The van der Waals surface area contributed by atoms with Crippen LogP contribution in [0.25, 0.3) is 0 Å². The van der Waals surface area contributed by atoms with Crippen molar-refractivity contribution in [3.05, 3.63) is 41.2 Å². The fourth-order valence-corrected chi connectivity index (χ4v) is 1.47. The molecular formula is C13H12N4O. The molecule has 0 saturated carbocycles. The number of nitriles is 1. The molecular weight excluding hydrogens is 228 g/mol. The Kier molecular flexibility index (Phi) is 3.11. The minimum atomic E-state index is 0.154. The number of hydrogen-bond donors (Lipinski definition) is 1. The maximum atomic E-state index is 8.75. The van der Waals surface area contributed by atoms with Crippen LogP contribution < -0.4 is 10.5 Å². The van der Waals surface area contributed by atoms with Gasteiger partial charge in [-0.15, -0.1) is 0 Å². The lowest BCUT2D eigenvalue weighted by molar-refractivity contribution is 0.438. The summed E-state index contributed by atoms with van der Waals surface area (Å²) in [6, 6.07) is 7.27. The predicted molar refractivity (Wildman–Crippen MR) is 67.1 cm³/mol. The second-order valence-electron chi connectivity index (χ2n) is 3.91. The zero-order valence-corrected chi connectivity index (χ0v) is 10.1. The smallest absolute Gasteiger partial charge is 0.323 e. The Morgan fingerprint density at radius 1 is 1.28 bits per heavy atom. The number of ether oxygens (including phenoxy) is 1. The molecule has 0 bridgehead atoms. The van der Waals surface area contributed by atoms with Crippen LogP contribution in [-0.2, 0) is 0 Å². The van der Waals surface area contributed by atoms with E-state index in [9.17, 15) is 0 Å². The van der Waals surface area contributed by atoms with Crippen molar-refractivity contribution in [3.63, 3.8) is 0 Å². The van der Waals surface area contributed by atoms with Crippen LogP contribution in [0.4, 0.5) is 5.69 Å². The van der Waals surface area contributed by atoms with Gasteiger partial charge in [0.1, 0.15) is 17.5 Å². The van der Waals surface area contributed by atoms with E-state index in [2.05, 4.69) is 9.97 Å². The quantitative estimate of drug-likeness (QED) is 0.814. The first-order valence-electron chi connectivity index (χ1n) is 5.38. The van der Waals surface area contributed by atoms with Gasteiger partial charge in [0.2, 0.25) is 0 Å². The first-order chi connectivity index (χ1) is 8.60. The van der Waals surface area contributed by atoms with E-state index in [1.165, 1.54) is 12.3 Å². The summed E-state index contributed by atoms with van der Waals surface area (Å²) >= 11 is 0. The lowest BCUT2D eigenvalue weighted by atomic mass is 10.1. The fourth-order valence-electron chi connectivity index (χ4n) is 1.47. The highest BCUT2D eigenvalue weighted by Gasteiger charge is 2.07. The third-order valence-corrected chi connectivity index (χ3v) is 2.51. The zero-order chi connectivity index (χ0) is 13.1. The molecule has 0 aliphatic rings. The molecule has 0 aliphatic heterocycles. The molecule has 5 heteroatoms. The van der Waals surface area contributed by atoms with Crippen LogP contribution in [0.3, 0.4) is 0 Å². The average molecular weight is 240 g/mol. The van der Waals surface area contributed by atoms with Crippen LogP contribution in [0.15, 0.2) is 24.4 Å². The van der Waals surface area contributed by atoms with Gasteiger partial charge in [0.15, 0.2) is 0 Å². The van der Waals surface area contributed by atoms with Crippen molar-refractivity contribution in [1.29, 1.82) is 5.26 Å². The molecule has 0 unspecified atom stereocenters. The number of rotatable bonds is 2. The summed E-state index contributed by atoms with van der Waals surface area (Å²) in [6.07, 6.45) is 1.49. The average Bonchev–Trinajstić information content (AvgIpc) is 2.36. The summed E-state index contributed by atoms with van der Waals surface area (Å²) in [5.41, 5.74) is 8.60. The van der Waals surface area contributed by atoms with Crippen molar-refractivity contribution in [3.8, 4) is 17.8 Å². The van der Waals surface area contributed by atoms with Gasteiger partial charge in [0.05, 0.1) is 0 Å². The number of nitrogens with two attached hydrogens (primary N) is 1. The third-order valence-electron chi connectivity index (χ3n) is 2.51. The van der Waals surface area contributed by atoms with Crippen molar-refractivity contribution in [2.75, 3.05) is 5.73 Å². The van der Waals surface area contributed by atoms with E-state index in [1.807, 2.05) is 32.0 Å². The molecule has 0 saturated heterocycles. The van der Waals surface area contributed by atoms with Gasteiger partial charge >= 0.3 is 6.01 Å². The van der Waals surface area contributed by atoms with Gasteiger partial charge in [0, 0.05) is 11.9 Å². The van der Waals surface area contributed by atoms with E-state index < -0.39 is 0 Å². The summed E-state index contributed by atoms with van der Waals surface area (Å²) in [4.78, 5) is 7.91. The van der Waals surface area contributed by atoms with Crippen LogP contribution in [0.1, 0.15) is 16.8 Å². The van der Waals surface area contributed by atoms with Gasteiger partial charge in [0.25, 0.3) is 0 Å². The summed E-state index contributed by atoms with van der Waals surface area (Å²) in [5, 5.41) is 8.75. The molecule has 0 atom stereocenters. The standard InChI is InChI=1S/C13H12N4O/c1-8-6-12(9(2)5-11(8)15)18-13-16-4-3-10(7-14)17-13/h3-6H,15H2,1-2H3. The summed E-state index contributed by atoms with van der Waals surface area (Å²) in [6.45, 7) is 3.79. The predicted octanol–water partition coefficient (Wildman–Crippen LogP) is 2.34. The van der Waals surface area contributed by atoms with Crippen LogP contribution in [-0.4, -0.2) is 9.97 Å². The molecule has 1 heterocycles. The lowest BCUT2D eigenvalue weighted by Gasteiger charge is -2.09. The van der Waals surface area contributed by atoms with Crippen molar-refractivity contribution in [2.24, 2.45) is 0 Å². The Labute approximate surface area is 105 Å². The maximum absolute atomic E-state index is 8.75. The summed E-state index contributed by atoms with van der Waals surface area (Å²) < 4.78 is 5.56. The highest BCUT2D eigenvalue weighted by atomic mass is 16.5. The number of aryl methyl sites for hydroxylation is 2. The number of benzene rings is 1. The largest absolute Gasteiger partial charge is 0.424 e. The Hall–Kier alpha value is -2.61. The molecule has 1 aromatic carbocycles. The van der Waals surface area contributed by atoms with E-state index in [0.29, 0.717) is 11.4 Å². The summed E-state index contributed by atoms with van der Waals surface area (Å²) in [5.74, 6) is 0.636. The normalized spacial score (nSPS) is 9.83. The Morgan fingerprint density at radius 2 is 2.06 bits per heavy atom. The van der Waals surface area contributed by atoms with Gasteiger partial charge in [-0.25, -0.2) is 4.98 Å². The van der Waals surface area contributed by atoms with Gasteiger partial charge in [-0.3, -0.25) is 0 Å². The van der Waals surface area contributed by atoms with Crippen LogP contribution in [0.5, 0.6) is 11.8 Å². The molecule has 0 radical (unpaired) electrons. The number of nitrogen functional groups attached to an aromatic ring is 1. The van der Waals surface area contributed by atoms with E-state index in [1.54, 1.807) is 0 Å². The summed E-state index contributed by atoms with van der Waals surface area (Å²) in [7, 11) is 0. The first kappa shape index (κ1) is 11.9. The number of aromatic nitrogens is 2. The molecule has 2 N–H and O–H groups in total. The number of anilines is 1. The monoisotopic (exact) mass is 240 g/mol. The maximum Gasteiger partial charge on any atom is 0.323 e. The lowest BCUT2D eigenvalue weighted by Crippen LogP contribution is -1.97. The Balaban J connectivity index is 2.34. The topological polar surface area (TPSA) is 84.8 Å². The molecule has 2 rings (SSSR count). The molecule has 90 valence electrons. The number of hydrogen-bond acceptors (Lipinski definition) is 5. The molecule has 0 amide bonds. The second kappa shape index (κ2) is 4.72. The highest BCUT2D eigenvalue weighted by molar-refractivity contribution is 5.54. The molecule has 0 fully saturated rings. The fraction of sp³-hybridized carbons (Fsp3) is 0.154. The van der Waals surface area contributed by atoms with Crippen molar-refractivity contribution >= 4 is 5.69 Å². The molecule has 18 heavy (non-hydrogen) atoms. The van der Waals surface area contributed by atoms with Crippen LogP contribution in [0, 0.1) is 25.2 Å². The van der Waals surface area contributed by atoms with Crippen molar-refractivity contribution in [2.45, 2.75) is 13.8 Å². The van der Waals surface area contributed by atoms with Crippen LogP contribution >= 0.6 is 0 Å². The minimum absolute atomic E-state index is 0.154. The highest BCUT2D eigenvalue weighted by Crippen LogP contribution is 2.27. The van der Waals surface area contributed by atoms with E-state index >= 15 is 0 Å². The van der Waals surface area contributed by atoms with Crippen LogP contribution in [0.2, 0.25) is 0 Å². The second-order valence-corrected chi connectivity index (χ2v) is 3.91. The van der Waals surface area contributed by atoms with Gasteiger partial charge in [-0.05, 0) is 43.2 Å². The third kappa shape index (κ3) is 2.38. The van der Waals surface area contributed by atoms with E-state index in [0.717, 1.165) is 11.1 Å². The van der Waals surface area contributed by atoms with Crippen molar-refractivity contribution in [1.82, 2.24) is 9.97 Å². The molecule has 5 nitrogen and oxygen atoms in total. The van der Waals surface area contributed by atoms with E-state index in [-0.39, 0.29) is 11.7 Å². The van der Waals surface area contributed by atoms with Gasteiger partial charge in [-0.2, -0.15) is 10.2 Å². The number of nitrogens with zero attached hydrogens (tertiary/aromatic N) is 3. The Morgan fingerprint density at radius 3 is 2.78 bits per heavy atom. The van der Waals surface area contributed by atoms with Gasteiger partial charge < -0.3 is 10.5 Å². The van der Waals surface area contributed by atoms with E-state index in [4.69, 9.17) is 15.7 Å². The molecule has 1 aromatic heterocycles. The van der Waals surface area contributed by atoms with Gasteiger partial charge in [-0.1, -0.05) is 0 Å². The van der Waals surface area contributed by atoms with Crippen molar-refractivity contribution < 1.29 is 4.74 Å². The Bertz CT molecular complexity index is 631. The molecule has 0 aliphatic carbocycles. The first-order valence-corrected chi connectivity index (χ1v) is 5.38. The minimum Gasteiger partial charge on any atom is -0.424 e.